The van der Waals surface area contributed by atoms with Crippen molar-refractivity contribution in [3.05, 3.63) is 29.3 Å². The van der Waals surface area contributed by atoms with Gasteiger partial charge >= 0.3 is 0 Å². The Bertz CT molecular complexity index is 562. The number of benzene rings is 2. The molecule has 84 valence electrons. The predicted octanol–water partition coefficient (Wildman–Crippen LogP) is 3.16. The van der Waals surface area contributed by atoms with Crippen LogP contribution in [0.3, 0.4) is 0 Å². The first kappa shape index (κ1) is 11.1. The Morgan fingerprint density at radius 3 is 2.44 bits per heavy atom. The number of anilines is 2. The molecule has 0 amide bonds. The maximum absolute atomic E-state index is 6.15. The lowest BCUT2D eigenvalue weighted by Gasteiger charge is -2.14. The molecule has 0 aliphatic rings. The fourth-order valence-corrected chi connectivity index (χ4v) is 2.39. The molecular weight excluding hydrogens is 216 g/mol. The molecule has 0 unspecified atom stereocenters. The van der Waals surface area contributed by atoms with Crippen LogP contribution in [0.4, 0.5) is 11.4 Å². The third-order valence-electron chi connectivity index (χ3n) is 2.98. The van der Waals surface area contributed by atoms with E-state index in [0.29, 0.717) is 5.69 Å². The molecule has 0 aliphatic carbocycles. The molecule has 0 atom stereocenters. The van der Waals surface area contributed by atoms with Gasteiger partial charge in [-0.25, -0.2) is 0 Å². The third-order valence-corrected chi connectivity index (χ3v) is 3.46. The summed E-state index contributed by atoms with van der Waals surface area (Å²) in [5.74, 6) is 0. The first-order valence-corrected chi connectivity index (χ1v) is 5.80. The van der Waals surface area contributed by atoms with Crippen LogP contribution in [0.25, 0.3) is 10.8 Å². The maximum Gasteiger partial charge on any atom is 0.0509 e. The van der Waals surface area contributed by atoms with Crippen LogP contribution in [-0.4, -0.2) is 0 Å². The van der Waals surface area contributed by atoms with Gasteiger partial charge in [-0.1, -0.05) is 24.6 Å². The lowest BCUT2D eigenvalue weighted by Crippen LogP contribution is -2.02. The van der Waals surface area contributed by atoms with Crippen molar-refractivity contribution in [3.8, 4) is 0 Å². The quantitative estimate of drug-likeness (QED) is 0.522. The summed E-state index contributed by atoms with van der Waals surface area (Å²) in [6.45, 7) is 4.11. The van der Waals surface area contributed by atoms with E-state index in [4.69, 9.17) is 11.5 Å². The van der Waals surface area contributed by atoms with E-state index in [9.17, 15) is 0 Å². The van der Waals surface area contributed by atoms with Crippen molar-refractivity contribution in [2.24, 2.45) is 0 Å². The first-order chi connectivity index (χ1) is 7.56. The molecule has 0 heterocycles. The van der Waals surface area contributed by atoms with Crippen LogP contribution in [-0.2, 0) is 6.42 Å². The SMILES string of the molecule is CCc1c(N)c(S)c2ccc(C)cc2c1N. The van der Waals surface area contributed by atoms with Gasteiger partial charge in [0.1, 0.15) is 0 Å². The van der Waals surface area contributed by atoms with Crippen LogP contribution < -0.4 is 11.5 Å². The number of fused-ring (bicyclic) bond motifs is 1. The van der Waals surface area contributed by atoms with E-state index in [1.54, 1.807) is 0 Å². The van der Waals surface area contributed by atoms with E-state index in [1.165, 1.54) is 5.56 Å². The highest BCUT2D eigenvalue weighted by molar-refractivity contribution is 7.80. The molecule has 0 saturated heterocycles. The summed E-state index contributed by atoms with van der Waals surface area (Å²) >= 11 is 4.49. The molecule has 0 fully saturated rings. The molecule has 4 N–H and O–H groups in total. The molecule has 0 spiro atoms. The van der Waals surface area contributed by atoms with Crippen LogP contribution in [0.1, 0.15) is 18.1 Å². The molecule has 16 heavy (non-hydrogen) atoms. The lowest BCUT2D eigenvalue weighted by atomic mass is 9.99. The third kappa shape index (κ3) is 1.52. The Morgan fingerprint density at radius 1 is 1.12 bits per heavy atom. The fourth-order valence-electron chi connectivity index (χ4n) is 2.06. The van der Waals surface area contributed by atoms with Crippen molar-refractivity contribution in [2.75, 3.05) is 11.5 Å². The zero-order valence-corrected chi connectivity index (χ0v) is 10.4. The molecule has 2 nitrogen and oxygen atoms in total. The average molecular weight is 232 g/mol. The van der Waals surface area contributed by atoms with Gasteiger partial charge in [0.05, 0.1) is 5.69 Å². The normalized spacial score (nSPS) is 10.9. The van der Waals surface area contributed by atoms with Crippen molar-refractivity contribution < 1.29 is 0 Å². The van der Waals surface area contributed by atoms with Gasteiger partial charge in [-0.3, -0.25) is 0 Å². The van der Waals surface area contributed by atoms with Gasteiger partial charge in [0.15, 0.2) is 0 Å². The highest BCUT2D eigenvalue weighted by Gasteiger charge is 2.12. The van der Waals surface area contributed by atoms with Crippen molar-refractivity contribution in [1.29, 1.82) is 0 Å². The fraction of sp³-hybridized carbons (Fsp3) is 0.231. The highest BCUT2D eigenvalue weighted by Crippen LogP contribution is 2.37. The van der Waals surface area contributed by atoms with Crippen LogP contribution in [0, 0.1) is 6.92 Å². The Kier molecular flexibility index (Phi) is 2.72. The molecule has 0 aromatic heterocycles. The first-order valence-electron chi connectivity index (χ1n) is 5.35. The van der Waals surface area contributed by atoms with E-state index in [2.05, 4.69) is 32.5 Å². The van der Waals surface area contributed by atoms with E-state index in [1.807, 2.05) is 12.1 Å². The summed E-state index contributed by atoms with van der Waals surface area (Å²) in [6, 6.07) is 6.16. The second kappa shape index (κ2) is 3.91. The minimum atomic E-state index is 0.708. The van der Waals surface area contributed by atoms with Gasteiger partial charge in [0.25, 0.3) is 0 Å². The van der Waals surface area contributed by atoms with Gasteiger partial charge in [-0.15, -0.1) is 12.6 Å². The minimum Gasteiger partial charge on any atom is -0.398 e. The van der Waals surface area contributed by atoms with Crippen molar-refractivity contribution >= 4 is 34.8 Å². The summed E-state index contributed by atoms with van der Waals surface area (Å²) in [5.41, 5.74) is 15.9. The van der Waals surface area contributed by atoms with E-state index in [-0.39, 0.29) is 0 Å². The Morgan fingerprint density at radius 2 is 1.81 bits per heavy atom. The van der Waals surface area contributed by atoms with Gasteiger partial charge < -0.3 is 11.5 Å². The van der Waals surface area contributed by atoms with Crippen LogP contribution in [0.5, 0.6) is 0 Å². The summed E-state index contributed by atoms with van der Waals surface area (Å²) in [5, 5.41) is 2.08. The largest absolute Gasteiger partial charge is 0.398 e. The molecule has 2 aromatic rings. The second-order valence-electron chi connectivity index (χ2n) is 4.06. The smallest absolute Gasteiger partial charge is 0.0509 e. The standard InChI is InChI=1S/C13H16N2S/c1-3-8-11(14)10-6-7(2)4-5-9(10)13(16)12(8)15/h4-6,16H,3,14-15H2,1-2H3. The minimum absolute atomic E-state index is 0.708. The summed E-state index contributed by atoms with van der Waals surface area (Å²) in [6.07, 6.45) is 0.828. The van der Waals surface area contributed by atoms with Crippen LogP contribution in [0.15, 0.2) is 23.1 Å². The van der Waals surface area contributed by atoms with Gasteiger partial charge in [-0.2, -0.15) is 0 Å². The van der Waals surface area contributed by atoms with Crippen molar-refractivity contribution in [1.82, 2.24) is 0 Å². The monoisotopic (exact) mass is 232 g/mol. The van der Waals surface area contributed by atoms with Gasteiger partial charge in [0, 0.05) is 16.0 Å². The van der Waals surface area contributed by atoms with Crippen molar-refractivity contribution in [2.45, 2.75) is 25.2 Å². The zero-order valence-electron chi connectivity index (χ0n) is 9.54. The number of hydrogen-bond acceptors (Lipinski definition) is 3. The summed E-state index contributed by atoms with van der Waals surface area (Å²) < 4.78 is 0. The predicted molar refractivity (Wildman–Crippen MR) is 74.1 cm³/mol. The second-order valence-corrected chi connectivity index (χ2v) is 4.50. The molecular formula is C13H16N2S. The number of rotatable bonds is 1. The lowest BCUT2D eigenvalue weighted by molar-refractivity contribution is 1.14. The zero-order chi connectivity index (χ0) is 11.9. The molecule has 2 aromatic carbocycles. The average Bonchev–Trinajstić information content (AvgIpc) is 2.27. The number of nitrogen functional groups attached to an aromatic ring is 2. The molecule has 0 bridgehead atoms. The van der Waals surface area contributed by atoms with Gasteiger partial charge in [0.2, 0.25) is 0 Å². The Hall–Kier alpha value is -1.35. The number of aryl methyl sites for hydroxylation is 1. The number of nitrogens with two attached hydrogens (primary N) is 2. The van der Waals surface area contributed by atoms with E-state index >= 15 is 0 Å². The molecule has 0 saturated carbocycles. The van der Waals surface area contributed by atoms with Crippen molar-refractivity contribution in [3.63, 3.8) is 0 Å². The summed E-state index contributed by atoms with van der Waals surface area (Å²) in [7, 11) is 0. The van der Waals surface area contributed by atoms with E-state index < -0.39 is 0 Å². The van der Waals surface area contributed by atoms with Gasteiger partial charge in [-0.05, 0) is 30.4 Å². The topological polar surface area (TPSA) is 52.0 Å². The molecule has 3 heteroatoms. The van der Waals surface area contributed by atoms with Crippen LogP contribution in [0.2, 0.25) is 0 Å². The highest BCUT2D eigenvalue weighted by atomic mass is 32.1. The van der Waals surface area contributed by atoms with E-state index in [0.717, 1.165) is 33.3 Å². The van der Waals surface area contributed by atoms with Crippen LogP contribution >= 0.6 is 12.6 Å². The Balaban J connectivity index is 2.96. The Labute approximate surface area is 101 Å². The summed E-state index contributed by atoms with van der Waals surface area (Å²) in [4.78, 5) is 0.834. The molecule has 2 rings (SSSR count). The molecule has 0 aliphatic heterocycles. The number of thiol groups is 1. The number of hydrogen-bond donors (Lipinski definition) is 3. The maximum atomic E-state index is 6.15. The molecule has 0 radical (unpaired) electrons.